The standard InChI is InChI=1S/C24H17FN2O4/c25-19-4-2-1-3-15(19)12-28-16-7-5-14(6-8-16)23-17-9-21-22(30-13-29-21)10-20(17)31-24(27)18(23)11-26/h1-10,23H,12-13,27H2/t23-/m1/s1. The average molecular weight is 416 g/mol. The molecular formula is C24H17FN2O4. The van der Waals surface area contributed by atoms with Crippen molar-refractivity contribution >= 4 is 0 Å². The van der Waals surface area contributed by atoms with Gasteiger partial charge >= 0.3 is 0 Å². The van der Waals surface area contributed by atoms with Gasteiger partial charge in [0.05, 0.1) is 5.92 Å². The van der Waals surface area contributed by atoms with Gasteiger partial charge in [0, 0.05) is 17.2 Å². The van der Waals surface area contributed by atoms with Crippen LogP contribution in [0, 0.1) is 17.1 Å². The molecule has 2 N–H and O–H groups in total. The van der Waals surface area contributed by atoms with Crippen LogP contribution in [-0.4, -0.2) is 6.79 Å². The summed E-state index contributed by atoms with van der Waals surface area (Å²) in [6.45, 7) is 0.247. The van der Waals surface area contributed by atoms with Crippen LogP contribution in [0.3, 0.4) is 0 Å². The first-order valence-corrected chi connectivity index (χ1v) is 9.61. The van der Waals surface area contributed by atoms with Crippen LogP contribution in [0.15, 0.2) is 72.1 Å². The molecule has 1 atom stereocenters. The Morgan fingerprint density at radius 1 is 1.03 bits per heavy atom. The van der Waals surface area contributed by atoms with Crippen LogP contribution in [-0.2, 0) is 6.61 Å². The monoisotopic (exact) mass is 416 g/mol. The molecule has 2 aliphatic rings. The van der Waals surface area contributed by atoms with Crippen molar-refractivity contribution in [1.29, 1.82) is 5.26 Å². The summed E-state index contributed by atoms with van der Waals surface area (Å²) >= 11 is 0. The molecule has 5 rings (SSSR count). The Morgan fingerprint density at radius 3 is 2.52 bits per heavy atom. The van der Waals surface area contributed by atoms with E-state index in [1.54, 1.807) is 36.4 Å². The van der Waals surface area contributed by atoms with Gasteiger partial charge in [-0.1, -0.05) is 30.3 Å². The van der Waals surface area contributed by atoms with Crippen molar-refractivity contribution in [3.63, 3.8) is 0 Å². The predicted octanol–water partition coefficient (Wildman–Crippen LogP) is 4.35. The Bertz CT molecular complexity index is 1230. The molecule has 0 bridgehead atoms. The third-order valence-corrected chi connectivity index (χ3v) is 5.28. The molecule has 0 aliphatic carbocycles. The average Bonchev–Trinajstić information content (AvgIpc) is 3.24. The van der Waals surface area contributed by atoms with Gasteiger partial charge in [-0.05, 0) is 29.8 Å². The largest absolute Gasteiger partial charge is 0.489 e. The summed E-state index contributed by atoms with van der Waals surface area (Å²) in [5, 5.41) is 9.72. The summed E-state index contributed by atoms with van der Waals surface area (Å²) in [6.07, 6.45) is 0. The van der Waals surface area contributed by atoms with E-state index in [-0.39, 0.29) is 25.1 Å². The van der Waals surface area contributed by atoms with Crippen LogP contribution in [0.4, 0.5) is 4.39 Å². The molecule has 154 valence electrons. The topological polar surface area (TPSA) is 86.7 Å². The minimum absolute atomic E-state index is 0.0544. The van der Waals surface area contributed by atoms with Crippen molar-refractivity contribution in [2.45, 2.75) is 12.5 Å². The number of rotatable bonds is 4. The van der Waals surface area contributed by atoms with Crippen LogP contribution in [0.5, 0.6) is 23.0 Å². The number of benzene rings is 3. The van der Waals surface area contributed by atoms with Crippen molar-refractivity contribution in [3.05, 3.63) is 94.6 Å². The van der Waals surface area contributed by atoms with E-state index in [0.717, 1.165) is 11.1 Å². The van der Waals surface area contributed by atoms with E-state index in [0.29, 0.717) is 34.1 Å². The van der Waals surface area contributed by atoms with Crippen LogP contribution < -0.4 is 24.7 Å². The number of hydrogen-bond acceptors (Lipinski definition) is 6. The minimum Gasteiger partial charge on any atom is -0.489 e. The predicted molar refractivity (Wildman–Crippen MR) is 109 cm³/mol. The SMILES string of the molecule is N#CC1=C(N)Oc2cc3c(cc2[C@H]1c1ccc(OCc2ccccc2F)cc1)OCO3. The fraction of sp³-hybridized carbons (Fsp3) is 0.125. The molecule has 3 aromatic carbocycles. The summed E-state index contributed by atoms with van der Waals surface area (Å²) < 4.78 is 36.1. The van der Waals surface area contributed by atoms with Crippen molar-refractivity contribution < 1.29 is 23.3 Å². The zero-order valence-electron chi connectivity index (χ0n) is 16.3. The van der Waals surface area contributed by atoms with Crippen LogP contribution in [0.25, 0.3) is 0 Å². The lowest BCUT2D eigenvalue weighted by molar-refractivity contribution is 0.174. The number of nitriles is 1. The second kappa shape index (κ2) is 7.58. The molecule has 0 fully saturated rings. The maximum Gasteiger partial charge on any atom is 0.231 e. The third-order valence-electron chi connectivity index (χ3n) is 5.28. The Labute approximate surface area is 177 Å². The molecule has 0 aromatic heterocycles. The van der Waals surface area contributed by atoms with Crippen molar-refractivity contribution in [3.8, 4) is 29.1 Å². The zero-order valence-corrected chi connectivity index (χ0v) is 16.3. The molecule has 0 unspecified atom stereocenters. The van der Waals surface area contributed by atoms with Crippen molar-refractivity contribution in [1.82, 2.24) is 0 Å². The molecule has 3 aromatic rings. The quantitative estimate of drug-likeness (QED) is 0.680. The summed E-state index contributed by atoms with van der Waals surface area (Å²) in [5.74, 6) is 1.59. The smallest absolute Gasteiger partial charge is 0.231 e. The molecule has 0 saturated carbocycles. The highest BCUT2D eigenvalue weighted by Crippen LogP contribution is 2.47. The lowest BCUT2D eigenvalue weighted by Crippen LogP contribution is -2.21. The highest BCUT2D eigenvalue weighted by molar-refractivity contribution is 5.61. The van der Waals surface area contributed by atoms with E-state index in [2.05, 4.69) is 6.07 Å². The highest BCUT2D eigenvalue weighted by Gasteiger charge is 2.33. The number of halogens is 1. The van der Waals surface area contributed by atoms with Gasteiger partial charge in [0.25, 0.3) is 0 Å². The van der Waals surface area contributed by atoms with Crippen LogP contribution in [0.2, 0.25) is 0 Å². The molecule has 0 saturated heterocycles. The molecule has 0 spiro atoms. The molecule has 2 heterocycles. The summed E-state index contributed by atoms with van der Waals surface area (Å²) in [6, 6.07) is 19.4. The van der Waals surface area contributed by atoms with E-state index in [9.17, 15) is 9.65 Å². The maximum absolute atomic E-state index is 13.8. The second-order valence-electron chi connectivity index (χ2n) is 7.12. The fourth-order valence-corrected chi connectivity index (χ4v) is 3.72. The van der Waals surface area contributed by atoms with Gasteiger partial charge in [0.15, 0.2) is 11.5 Å². The summed E-state index contributed by atoms with van der Waals surface area (Å²) in [5.41, 5.74) is 8.42. The molecule has 0 amide bonds. The van der Waals surface area contributed by atoms with Crippen molar-refractivity contribution in [2.75, 3.05) is 6.79 Å². The minimum atomic E-state index is -0.427. The summed E-state index contributed by atoms with van der Waals surface area (Å²) in [7, 11) is 0. The van der Waals surface area contributed by atoms with E-state index in [4.69, 9.17) is 24.7 Å². The Kier molecular flexibility index (Phi) is 4.60. The van der Waals surface area contributed by atoms with Crippen molar-refractivity contribution in [2.24, 2.45) is 5.73 Å². The number of nitrogens with two attached hydrogens (primary N) is 1. The molecular weight excluding hydrogens is 399 g/mol. The molecule has 6 nitrogen and oxygen atoms in total. The fourth-order valence-electron chi connectivity index (χ4n) is 3.72. The second-order valence-corrected chi connectivity index (χ2v) is 7.12. The van der Waals surface area contributed by atoms with Gasteiger partial charge in [0.1, 0.15) is 35.6 Å². The number of nitrogens with zero attached hydrogens (tertiary/aromatic N) is 1. The third kappa shape index (κ3) is 3.38. The Balaban J connectivity index is 1.45. The first-order valence-electron chi connectivity index (χ1n) is 9.61. The molecule has 0 radical (unpaired) electrons. The normalized spacial score (nSPS) is 16.3. The van der Waals surface area contributed by atoms with E-state index in [1.165, 1.54) is 6.07 Å². The van der Waals surface area contributed by atoms with E-state index < -0.39 is 5.92 Å². The van der Waals surface area contributed by atoms with Gasteiger partial charge in [-0.2, -0.15) is 5.26 Å². The number of hydrogen-bond donors (Lipinski definition) is 1. The number of ether oxygens (including phenoxy) is 4. The zero-order chi connectivity index (χ0) is 21.4. The molecule has 31 heavy (non-hydrogen) atoms. The molecule has 7 heteroatoms. The van der Waals surface area contributed by atoms with Crippen LogP contribution >= 0.6 is 0 Å². The Morgan fingerprint density at radius 2 is 1.77 bits per heavy atom. The number of fused-ring (bicyclic) bond motifs is 2. The first-order chi connectivity index (χ1) is 15.1. The summed E-state index contributed by atoms with van der Waals surface area (Å²) in [4.78, 5) is 0. The van der Waals surface area contributed by atoms with Gasteiger partial charge in [-0.15, -0.1) is 0 Å². The van der Waals surface area contributed by atoms with Gasteiger partial charge < -0.3 is 24.7 Å². The lowest BCUT2D eigenvalue weighted by Gasteiger charge is -2.26. The first kappa shape index (κ1) is 18.8. The van der Waals surface area contributed by atoms with E-state index in [1.807, 2.05) is 18.2 Å². The molecule has 2 aliphatic heterocycles. The Hall–Kier alpha value is -4.18. The highest BCUT2D eigenvalue weighted by atomic mass is 19.1. The maximum atomic E-state index is 13.8. The van der Waals surface area contributed by atoms with Gasteiger partial charge in [-0.3, -0.25) is 0 Å². The number of allylic oxidation sites excluding steroid dienone is 1. The van der Waals surface area contributed by atoms with Gasteiger partial charge in [0.2, 0.25) is 12.7 Å². The lowest BCUT2D eigenvalue weighted by atomic mass is 9.83. The van der Waals surface area contributed by atoms with Crippen LogP contribution in [0.1, 0.15) is 22.6 Å². The van der Waals surface area contributed by atoms with E-state index >= 15 is 0 Å². The van der Waals surface area contributed by atoms with Gasteiger partial charge in [-0.25, -0.2) is 4.39 Å².